The Morgan fingerprint density at radius 1 is 0.927 bits per heavy atom. The first-order valence-corrected chi connectivity index (χ1v) is 12.8. The molecule has 0 unspecified atom stereocenters. The highest BCUT2D eigenvalue weighted by molar-refractivity contribution is 6.30. The molecule has 2 N–H and O–H groups in total. The van der Waals surface area contributed by atoms with Crippen molar-refractivity contribution in [2.75, 3.05) is 0 Å². The third-order valence-corrected chi connectivity index (χ3v) is 6.73. The predicted octanol–water partition coefficient (Wildman–Crippen LogP) is 6.74. The maximum Gasteiger partial charge on any atom is 0.326 e. The first-order chi connectivity index (χ1) is 19.7. The van der Waals surface area contributed by atoms with Gasteiger partial charge < -0.3 is 14.9 Å². The van der Waals surface area contributed by atoms with E-state index in [0.29, 0.717) is 22.3 Å². The zero-order chi connectivity index (χ0) is 29.1. The van der Waals surface area contributed by atoms with Gasteiger partial charge in [0.05, 0.1) is 10.6 Å². The van der Waals surface area contributed by atoms with Gasteiger partial charge in [0, 0.05) is 17.5 Å². The maximum absolute atomic E-state index is 15.0. The van der Waals surface area contributed by atoms with E-state index in [2.05, 4.69) is 15.5 Å². The van der Waals surface area contributed by atoms with Crippen molar-refractivity contribution in [2.45, 2.75) is 19.4 Å². The smallest absolute Gasteiger partial charge is 0.326 e. The van der Waals surface area contributed by atoms with Crippen molar-refractivity contribution < 1.29 is 28.0 Å². The van der Waals surface area contributed by atoms with Crippen LogP contribution in [-0.2, 0) is 11.2 Å². The van der Waals surface area contributed by atoms with Crippen molar-refractivity contribution in [3.63, 3.8) is 0 Å². The number of amides is 1. The number of carboxylic acids is 1. The zero-order valence-electron chi connectivity index (χ0n) is 21.6. The monoisotopic (exact) mass is 573 g/mol. The molecule has 0 bridgehead atoms. The lowest BCUT2D eigenvalue weighted by Gasteiger charge is -2.15. The number of aliphatic carboxylic acids is 1. The van der Waals surface area contributed by atoms with Crippen molar-refractivity contribution in [3.05, 3.63) is 118 Å². The van der Waals surface area contributed by atoms with Gasteiger partial charge in [0.25, 0.3) is 11.8 Å². The van der Waals surface area contributed by atoms with Crippen LogP contribution in [0, 0.1) is 18.6 Å². The van der Waals surface area contributed by atoms with Gasteiger partial charge in [-0.2, -0.15) is 4.98 Å². The summed E-state index contributed by atoms with van der Waals surface area (Å²) in [7, 11) is 0. The molecule has 5 rings (SSSR count). The minimum Gasteiger partial charge on any atom is -0.480 e. The fourth-order valence-electron chi connectivity index (χ4n) is 4.21. The molecule has 41 heavy (non-hydrogen) atoms. The molecule has 1 heterocycles. The second-order valence-corrected chi connectivity index (χ2v) is 9.79. The second-order valence-electron chi connectivity index (χ2n) is 9.38. The molecule has 1 amide bonds. The molecule has 1 aromatic heterocycles. The number of carbonyl (C=O) groups is 2. The Morgan fingerprint density at radius 3 is 2.37 bits per heavy atom. The maximum atomic E-state index is 15.0. The minimum absolute atomic E-state index is 0.0271. The van der Waals surface area contributed by atoms with Gasteiger partial charge in [-0.1, -0.05) is 58.7 Å². The van der Waals surface area contributed by atoms with Crippen LogP contribution in [0.5, 0.6) is 0 Å². The van der Waals surface area contributed by atoms with Crippen molar-refractivity contribution in [3.8, 4) is 34.0 Å². The molecule has 0 radical (unpaired) electrons. The molecule has 0 saturated carbocycles. The molecule has 206 valence electrons. The van der Waals surface area contributed by atoms with Crippen LogP contribution in [0.25, 0.3) is 34.0 Å². The Labute approximate surface area is 238 Å². The molecule has 5 aromatic rings. The number of nitrogens with one attached hydrogen (secondary N) is 1. The Balaban J connectivity index is 1.30. The first-order valence-electron chi connectivity index (χ1n) is 12.5. The van der Waals surface area contributed by atoms with Crippen LogP contribution < -0.4 is 5.32 Å². The van der Waals surface area contributed by atoms with E-state index in [1.165, 1.54) is 42.5 Å². The Kier molecular flexibility index (Phi) is 7.89. The van der Waals surface area contributed by atoms with Crippen LogP contribution in [0.2, 0.25) is 5.02 Å². The summed E-state index contributed by atoms with van der Waals surface area (Å²) in [5, 5.41) is 16.1. The van der Waals surface area contributed by atoms with E-state index in [4.69, 9.17) is 16.1 Å². The van der Waals surface area contributed by atoms with Crippen LogP contribution in [0.15, 0.2) is 89.5 Å². The molecule has 0 spiro atoms. The SMILES string of the molecule is Cc1ccc(-c2nc(-c3ccc(C[C@@H](NC(=O)c4cccc(-c5ccc(Cl)c(F)c5)c4)C(=O)O)cc3F)no2)cc1. The fourth-order valence-corrected chi connectivity index (χ4v) is 4.32. The normalized spacial score (nSPS) is 11.7. The number of benzene rings is 4. The third-order valence-electron chi connectivity index (χ3n) is 6.42. The summed E-state index contributed by atoms with van der Waals surface area (Å²) >= 11 is 5.75. The average molecular weight is 574 g/mol. The number of nitrogens with zero attached hydrogens (tertiary/aromatic N) is 2. The van der Waals surface area contributed by atoms with Crippen molar-refractivity contribution >= 4 is 23.5 Å². The lowest BCUT2D eigenvalue weighted by Crippen LogP contribution is -2.42. The highest BCUT2D eigenvalue weighted by Crippen LogP contribution is 2.27. The van der Waals surface area contributed by atoms with E-state index >= 15 is 4.39 Å². The number of hydrogen-bond acceptors (Lipinski definition) is 5. The van der Waals surface area contributed by atoms with Crippen LogP contribution in [0.1, 0.15) is 21.5 Å². The van der Waals surface area contributed by atoms with Crippen molar-refractivity contribution in [2.24, 2.45) is 0 Å². The van der Waals surface area contributed by atoms with Crippen molar-refractivity contribution in [1.82, 2.24) is 15.5 Å². The van der Waals surface area contributed by atoms with E-state index in [1.807, 2.05) is 31.2 Å². The molecule has 0 aliphatic rings. The number of aryl methyl sites for hydroxylation is 1. The van der Waals surface area contributed by atoms with Gasteiger partial charge in [-0.05, 0) is 72.1 Å². The third kappa shape index (κ3) is 6.31. The molecule has 0 aliphatic heterocycles. The minimum atomic E-state index is -1.34. The van der Waals surface area contributed by atoms with Crippen LogP contribution in [0.3, 0.4) is 0 Å². The van der Waals surface area contributed by atoms with Gasteiger partial charge in [-0.3, -0.25) is 4.79 Å². The van der Waals surface area contributed by atoms with E-state index in [0.717, 1.165) is 5.56 Å². The zero-order valence-corrected chi connectivity index (χ0v) is 22.3. The highest BCUT2D eigenvalue weighted by Gasteiger charge is 2.23. The molecule has 7 nitrogen and oxygen atoms in total. The van der Waals surface area contributed by atoms with Crippen LogP contribution in [-0.4, -0.2) is 33.2 Å². The molecule has 0 aliphatic carbocycles. The molecule has 0 fully saturated rings. The van der Waals surface area contributed by atoms with Gasteiger partial charge in [-0.15, -0.1) is 0 Å². The number of carboxylic acid groups (broad SMARTS) is 1. The van der Waals surface area contributed by atoms with Crippen LogP contribution >= 0.6 is 11.6 Å². The van der Waals surface area contributed by atoms with Gasteiger partial charge in [0.1, 0.15) is 17.7 Å². The van der Waals surface area contributed by atoms with Crippen molar-refractivity contribution in [1.29, 1.82) is 0 Å². The second kappa shape index (κ2) is 11.7. The van der Waals surface area contributed by atoms with E-state index in [-0.39, 0.29) is 34.3 Å². The molecule has 10 heteroatoms. The quantitative estimate of drug-likeness (QED) is 0.213. The number of hydrogen-bond donors (Lipinski definition) is 2. The highest BCUT2D eigenvalue weighted by atomic mass is 35.5. The Morgan fingerprint density at radius 2 is 1.66 bits per heavy atom. The van der Waals surface area contributed by atoms with Gasteiger partial charge in [-0.25, -0.2) is 13.6 Å². The lowest BCUT2D eigenvalue weighted by atomic mass is 10.0. The van der Waals surface area contributed by atoms with Crippen LogP contribution in [0.4, 0.5) is 8.78 Å². The molecular weight excluding hydrogens is 552 g/mol. The summed E-state index contributed by atoms with van der Waals surface area (Å²) < 4.78 is 34.2. The summed E-state index contributed by atoms with van der Waals surface area (Å²) in [6.45, 7) is 1.95. The standard InChI is InChI=1S/C31H22ClF2N3O4/c1-17-5-8-19(9-6-17)30-36-28(37-41-30)23-11-7-18(13-25(23)33)14-27(31(39)40)35-29(38)22-4-2-3-20(15-22)21-10-12-24(32)26(34)16-21/h2-13,15-16,27H,14H2,1H3,(H,35,38)(H,39,40)/t27-/m1/s1. The summed E-state index contributed by atoms with van der Waals surface area (Å²) in [6, 6.07) is 20.8. The topological polar surface area (TPSA) is 105 Å². The van der Waals surface area contributed by atoms with Gasteiger partial charge >= 0.3 is 5.97 Å². The average Bonchev–Trinajstić information content (AvgIpc) is 3.44. The summed E-state index contributed by atoms with van der Waals surface area (Å²) in [6.07, 6.45) is -0.179. The van der Waals surface area contributed by atoms with E-state index in [1.54, 1.807) is 18.2 Å². The van der Waals surface area contributed by atoms with Gasteiger partial charge in [0.2, 0.25) is 5.82 Å². The fraction of sp³-hybridized carbons (Fsp3) is 0.0968. The molecule has 0 saturated heterocycles. The van der Waals surface area contributed by atoms with E-state index in [9.17, 15) is 19.1 Å². The Bertz CT molecular complexity index is 1760. The first kappa shape index (κ1) is 27.7. The summed E-state index contributed by atoms with van der Waals surface area (Å²) in [5.74, 6) is -2.93. The number of rotatable bonds is 8. The van der Waals surface area contributed by atoms with Gasteiger partial charge in [0.15, 0.2) is 0 Å². The Hall–Kier alpha value is -4.89. The molecule has 4 aromatic carbocycles. The predicted molar refractivity (Wildman–Crippen MR) is 149 cm³/mol. The number of aromatic nitrogens is 2. The largest absolute Gasteiger partial charge is 0.480 e. The summed E-state index contributed by atoms with van der Waals surface area (Å²) in [4.78, 5) is 29.2. The number of carbonyl (C=O) groups excluding carboxylic acids is 1. The van der Waals surface area contributed by atoms with E-state index < -0.39 is 29.6 Å². The molecule has 1 atom stereocenters. The number of halogens is 3. The summed E-state index contributed by atoms with van der Waals surface area (Å²) in [5.41, 5.74) is 3.40. The molecular formula is C31H22ClF2N3O4. The lowest BCUT2D eigenvalue weighted by molar-refractivity contribution is -0.139.